The minimum atomic E-state index is -0.0789. The van der Waals surface area contributed by atoms with Crippen LogP contribution in [0.2, 0.25) is 0 Å². The smallest absolute Gasteiger partial charge is 0.320 e. The number of hydrogen-bond acceptors (Lipinski definition) is 4. The Labute approximate surface area is 164 Å². The summed E-state index contributed by atoms with van der Waals surface area (Å²) in [6.07, 6.45) is 1.74. The highest BCUT2D eigenvalue weighted by atomic mass is 16.2. The lowest BCUT2D eigenvalue weighted by molar-refractivity contribution is -0.133. The van der Waals surface area contributed by atoms with Gasteiger partial charge in [0.25, 0.3) is 0 Å². The number of amides is 3. The van der Waals surface area contributed by atoms with Gasteiger partial charge in [0.15, 0.2) is 5.82 Å². The first-order chi connectivity index (χ1) is 13.5. The summed E-state index contributed by atoms with van der Waals surface area (Å²) in [6.45, 7) is 4.54. The first-order valence-electron chi connectivity index (χ1n) is 9.77. The lowest BCUT2D eigenvalue weighted by Crippen LogP contribution is -2.46. The normalized spacial score (nSPS) is 19.3. The zero-order valence-electron chi connectivity index (χ0n) is 16.4. The largest absolute Gasteiger partial charge is 0.332 e. The average molecular weight is 382 g/mol. The van der Waals surface area contributed by atoms with E-state index < -0.39 is 0 Å². The Morgan fingerprint density at radius 2 is 1.93 bits per heavy atom. The van der Waals surface area contributed by atoms with E-state index in [1.807, 2.05) is 18.2 Å². The van der Waals surface area contributed by atoms with Gasteiger partial charge in [0.1, 0.15) is 12.4 Å². The number of benzene rings is 1. The van der Waals surface area contributed by atoms with Gasteiger partial charge in [-0.15, -0.1) is 10.2 Å². The topological polar surface area (TPSA) is 74.6 Å². The van der Waals surface area contributed by atoms with Crippen molar-refractivity contribution in [3.8, 4) is 0 Å². The number of aromatic nitrogens is 3. The van der Waals surface area contributed by atoms with E-state index in [0.29, 0.717) is 26.2 Å². The molecule has 0 radical (unpaired) electrons. The van der Waals surface area contributed by atoms with E-state index in [-0.39, 0.29) is 24.5 Å². The summed E-state index contributed by atoms with van der Waals surface area (Å²) in [5, 5.41) is 8.73. The van der Waals surface area contributed by atoms with E-state index in [1.165, 1.54) is 5.56 Å². The Hall–Kier alpha value is -2.90. The minimum Gasteiger partial charge on any atom is -0.332 e. The van der Waals surface area contributed by atoms with Gasteiger partial charge in [-0.3, -0.25) is 4.79 Å². The maximum atomic E-state index is 12.7. The van der Waals surface area contributed by atoms with Crippen LogP contribution in [0.1, 0.15) is 30.2 Å². The summed E-state index contributed by atoms with van der Waals surface area (Å²) in [7, 11) is 1.76. The van der Waals surface area contributed by atoms with Crippen LogP contribution in [0.3, 0.4) is 0 Å². The third-order valence-corrected chi connectivity index (χ3v) is 5.56. The Bertz CT molecular complexity index is 865. The maximum absolute atomic E-state index is 12.7. The van der Waals surface area contributed by atoms with E-state index in [9.17, 15) is 9.59 Å². The van der Waals surface area contributed by atoms with Gasteiger partial charge in [0, 0.05) is 33.1 Å². The van der Waals surface area contributed by atoms with Gasteiger partial charge in [-0.05, 0) is 18.9 Å². The second kappa shape index (κ2) is 7.61. The molecule has 0 N–H and O–H groups in total. The second-order valence-corrected chi connectivity index (χ2v) is 7.64. The molecule has 1 aromatic heterocycles. The number of rotatable bonds is 5. The predicted molar refractivity (Wildman–Crippen MR) is 104 cm³/mol. The monoisotopic (exact) mass is 382 g/mol. The van der Waals surface area contributed by atoms with Crippen molar-refractivity contribution in [2.24, 2.45) is 0 Å². The van der Waals surface area contributed by atoms with Crippen molar-refractivity contribution < 1.29 is 9.59 Å². The molecular weight excluding hydrogens is 356 g/mol. The third kappa shape index (κ3) is 3.58. The van der Waals surface area contributed by atoms with Crippen molar-refractivity contribution in [3.05, 3.63) is 47.5 Å². The number of carbonyl (C=O) groups excluding carboxylic acids is 2. The van der Waals surface area contributed by atoms with Crippen LogP contribution >= 0.6 is 0 Å². The summed E-state index contributed by atoms with van der Waals surface area (Å²) in [5.41, 5.74) is 1.28. The van der Waals surface area contributed by atoms with Gasteiger partial charge in [0.05, 0.1) is 12.6 Å². The molecule has 4 rings (SSSR count). The number of aryl methyl sites for hydroxylation is 2. The molecule has 1 aromatic carbocycles. The summed E-state index contributed by atoms with van der Waals surface area (Å²) in [5.74, 6) is 1.76. The van der Waals surface area contributed by atoms with Crippen LogP contribution in [-0.2, 0) is 24.2 Å². The van der Waals surface area contributed by atoms with Crippen molar-refractivity contribution >= 4 is 11.9 Å². The Morgan fingerprint density at radius 1 is 1.14 bits per heavy atom. The number of urea groups is 1. The zero-order chi connectivity index (χ0) is 19.7. The fourth-order valence-electron chi connectivity index (χ4n) is 3.99. The molecule has 1 saturated heterocycles. The molecule has 2 aromatic rings. The van der Waals surface area contributed by atoms with Crippen molar-refractivity contribution in [2.45, 2.75) is 32.4 Å². The fraction of sp³-hybridized carbons (Fsp3) is 0.500. The van der Waals surface area contributed by atoms with Gasteiger partial charge in [-0.2, -0.15) is 0 Å². The van der Waals surface area contributed by atoms with Crippen molar-refractivity contribution in [3.63, 3.8) is 0 Å². The van der Waals surface area contributed by atoms with Crippen molar-refractivity contribution in [2.75, 3.05) is 33.2 Å². The quantitative estimate of drug-likeness (QED) is 0.782. The van der Waals surface area contributed by atoms with E-state index in [2.05, 4.69) is 33.8 Å². The molecule has 3 heterocycles. The summed E-state index contributed by atoms with van der Waals surface area (Å²) in [6, 6.07) is 10.4. The Kier molecular flexibility index (Phi) is 5.02. The van der Waals surface area contributed by atoms with Gasteiger partial charge in [-0.1, -0.05) is 30.3 Å². The molecule has 1 atom stereocenters. The molecule has 0 spiro atoms. The van der Waals surface area contributed by atoms with Crippen LogP contribution in [0.4, 0.5) is 4.79 Å². The standard InChI is InChI=1S/C20H26N6O2/c1-15-12-25(19(27)14-24-11-10-23(2)20(24)28)13-18-22-21-17(26(15)18)9-8-16-6-4-3-5-7-16/h3-7,15H,8-14H2,1-2H3/t15-/m0/s1. The number of carbonyl (C=O) groups is 2. The fourth-order valence-corrected chi connectivity index (χ4v) is 3.99. The van der Waals surface area contributed by atoms with Crippen LogP contribution < -0.4 is 0 Å². The molecule has 0 saturated carbocycles. The van der Waals surface area contributed by atoms with E-state index in [1.54, 1.807) is 21.7 Å². The SMILES string of the molecule is C[C@H]1CN(C(=O)CN2CCN(C)C2=O)Cc2nnc(CCc3ccccc3)n21. The highest BCUT2D eigenvalue weighted by Crippen LogP contribution is 2.23. The Balaban J connectivity index is 1.41. The first-order valence-corrected chi connectivity index (χ1v) is 9.77. The van der Waals surface area contributed by atoms with E-state index >= 15 is 0 Å². The van der Waals surface area contributed by atoms with E-state index in [0.717, 1.165) is 24.5 Å². The molecule has 3 amide bonds. The second-order valence-electron chi connectivity index (χ2n) is 7.64. The number of hydrogen-bond donors (Lipinski definition) is 0. The summed E-state index contributed by atoms with van der Waals surface area (Å²) >= 11 is 0. The average Bonchev–Trinajstić information content (AvgIpc) is 3.25. The molecule has 2 aliphatic rings. The van der Waals surface area contributed by atoms with Crippen LogP contribution in [0.15, 0.2) is 30.3 Å². The Morgan fingerprint density at radius 3 is 2.64 bits per heavy atom. The molecule has 0 aliphatic carbocycles. The van der Waals surface area contributed by atoms with Gasteiger partial charge >= 0.3 is 6.03 Å². The molecule has 8 nitrogen and oxygen atoms in total. The van der Waals surface area contributed by atoms with Gasteiger partial charge in [0.2, 0.25) is 5.91 Å². The lowest BCUT2D eigenvalue weighted by atomic mass is 10.1. The molecule has 0 unspecified atom stereocenters. The molecule has 1 fully saturated rings. The summed E-state index contributed by atoms with van der Waals surface area (Å²) in [4.78, 5) is 29.8. The summed E-state index contributed by atoms with van der Waals surface area (Å²) < 4.78 is 2.17. The maximum Gasteiger partial charge on any atom is 0.320 e. The molecule has 148 valence electrons. The predicted octanol–water partition coefficient (Wildman–Crippen LogP) is 1.33. The molecule has 28 heavy (non-hydrogen) atoms. The molecule has 0 bridgehead atoms. The minimum absolute atomic E-state index is 0.0319. The first kappa shape index (κ1) is 18.5. The van der Waals surface area contributed by atoms with Crippen molar-refractivity contribution in [1.29, 1.82) is 0 Å². The highest BCUT2D eigenvalue weighted by Gasteiger charge is 2.32. The highest BCUT2D eigenvalue weighted by molar-refractivity contribution is 5.85. The third-order valence-electron chi connectivity index (χ3n) is 5.56. The van der Waals surface area contributed by atoms with Crippen LogP contribution in [0.25, 0.3) is 0 Å². The lowest BCUT2D eigenvalue weighted by Gasteiger charge is -2.33. The number of nitrogens with zero attached hydrogens (tertiary/aromatic N) is 6. The molecular formula is C20H26N6O2. The van der Waals surface area contributed by atoms with Crippen LogP contribution in [0, 0.1) is 0 Å². The van der Waals surface area contributed by atoms with Gasteiger partial charge in [-0.25, -0.2) is 4.79 Å². The van der Waals surface area contributed by atoms with E-state index in [4.69, 9.17) is 0 Å². The van der Waals surface area contributed by atoms with Crippen LogP contribution in [0.5, 0.6) is 0 Å². The van der Waals surface area contributed by atoms with Gasteiger partial charge < -0.3 is 19.3 Å². The van der Waals surface area contributed by atoms with Crippen LogP contribution in [-0.4, -0.2) is 74.6 Å². The zero-order valence-corrected chi connectivity index (χ0v) is 16.4. The molecule has 2 aliphatic heterocycles. The number of likely N-dealkylation sites (N-methyl/N-ethyl adjacent to an activating group) is 1. The number of fused-ring (bicyclic) bond motifs is 1. The van der Waals surface area contributed by atoms with Crippen molar-refractivity contribution in [1.82, 2.24) is 29.5 Å². The molecule has 8 heteroatoms.